The number of anilines is 1. The zero-order chi connectivity index (χ0) is 25.5. The SMILES string of the molecule is COc1cc([C@@H]2CC(=O)Nc3c2c(C)nn3-c2ccc3nnc(C)n3n2)ccc1OCc1ccccc1. The van der Waals surface area contributed by atoms with Crippen molar-refractivity contribution in [2.24, 2.45) is 0 Å². The molecule has 2 aromatic carbocycles. The van der Waals surface area contributed by atoms with Crippen molar-refractivity contribution in [2.45, 2.75) is 32.8 Å². The summed E-state index contributed by atoms with van der Waals surface area (Å²) in [7, 11) is 1.62. The van der Waals surface area contributed by atoms with Gasteiger partial charge >= 0.3 is 0 Å². The molecule has 1 amide bonds. The van der Waals surface area contributed by atoms with Crippen molar-refractivity contribution in [1.82, 2.24) is 29.6 Å². The Balaban J connectivity index is 1.36. The van der Waals surface area contributed by atoms with E-state index < -0.39 is 0 Å². The number of amides is 1. The normalized spacial score (nSPS) is 14.9. The molecule has 1 aliphatic rings. The third-order valence-electron chi connectivity index (χ3n) is 6.55. The molecule has 0 bridgehead atoms. The second-order valence-corrected chi connectivity index (χ2v) is 8.96. The third-order valence-corrected chi connectivity index (χ3v) is 6.55. The van der Waals surface area contributed by atoms with Gasteiger partial charge in [0.2, 0.25) is 5.91 Å². The standard InChI is InChI=1S/C27H25N7O3/c1-16-26-20(19-9-10-21(22(13-19)36-3)37-15-18-7-5-4-6-8-18)14-25(35)28-27(26)34(31-16)24-12-11-23-30-29-17(2)33(23)32-24/h4-13,20H,14-15H2,1-3H3,(H,28,35)/t20-/m0/s1. The Bertz CT molecular complexity index is 1620. The number of nitrogens with one attached hydrogen (secondary N) is 1. The van der Waals surface area contributed by atoms with Crippen LogP contribution in [0, 0.1) is 13.8 Å². The summed E-state index contributed by atoms with van der Waals surface area (Å²) >= 11 is 0. The van der Waals surface area contributed by atoms with E-state index in [0.717, 1.165) is 22.4 Å². The molecule has 1 aliphatic heterocycles. The lowest BCUT2D eigenvalue weighted by atomic mass is 9.85. The highest BCUT2D eigenvalue weighted by Gasteiger charge is 2.33. The number of methoxy groups -OCH3 is 1. The molecule has 0 saturated carbocycles. The monoisotopic (exact) mass is 495 g/mol. The second kappa shape index (κ2) is 9.05. The van der Waals surface area contributed by atoms with Gasteiger partial charge in [-0.05, 0) is 49.2 Å². The molecule has 0 radical (unpaired) electrons. The lowest BCUT2D eigenvalue weighted by Crippen LogP contribution is -2.25. The van der Waals surface area contributed by atoms with Crippen molar-refractivity contribution in [2.75, 3.05) is 12.4 Å². The van der Waals surface area contributed by atoms with Crippen LogP contribution in [0.3, 0.4) is 0 Å². The van der Waals surface area contributed by atoms with E-state index in [1.54, 1.807) is 16.3 Å². The van der Waals surface area contributed by atoms with Crippen LogP contribution in [0.1, 0.15) is 40.5 Å². The molecule has 1 atom stereocenters. The van der Waals surface area contributed by atoms with Crippen molar-refractivity contribution >= 4 is 17.4 Å². The maximum absolute atomic E-state index is 12.9. The van der Waals surface area contributed by atoms with Crippen LogP contribution in [0.25, 0.3) is 11.5 Å². The predicted octanol–water partition coefficient (Wildman–Crippen LogP) is 3.99. The van der Waals surface area contributed by atoms with Gasteiger partial charge < -0.3 is 14.8 Å². The highest BCUT2D eigenvalue weighted by molar-refractivity contribution is 5.95. The predicted molar refractivity (Wildman–Crippen MR) is 136 cm³/mol. The summed E-state index contributed by atoms with van der Waals surface area (Å²) < 4.78 is 15.0. The van der Waals surface area contributed by atoms with Crippen molar-refractivity contribution < 1.29 is 14.3 Å². The number of hydrogen-bond acceptors (Lipinski definition) is 7. The zero-order valence-corrected chi connectivity index (χ0v) is 20.7. The quantitative estimate of drug-likeness (QED) is 0.379. The van der Waals surface area contributed by atoms with Crippen LogP contribution in [-0.4, -0.2) is 42.6 Å². The van der Waals surface area contributed by atoms with Crippen LogP contribution >= 0.6 is 0 Å². The van der Waals surface area contributed by atoms with Crippen LogP contribution in [0.5, 0.6) is 11.5 Å². The van der Waals surface area contributed by atoms with E-state index in [-0.39, 0.29) is 11.8 Å². The summed E-state index contributed by atoms with van der Waals surface area (Å²) in [6, 6.07) is 19.4. The molecule has 10 heteroatoms. The number of carbonyl (C=O) groups excluding carboxylic acids is 1. The van der Waals surface area contributed by atoms with Gasteiger partial charge in [0.25, 0.3) is 0 Å². The molecule has 5 aromatic rings. The summed E-state index contributed by atoms with van der Waals surface area (Å²) in [6.45, 7) is 4.21. The number of hydrogen-bond donors (Lipinski definition) is 1. The highest BCUT2D eigenvalue weighted by Crippen LogP contribution is 2.42. The van der Waals surface area contributed by atoms with Crippen molar-refractivity contribution in [1.29, 1.82) is 0 Å². The average Bonchev–Trinajstić information content (AvgIpc) is 3.46. The molecule has 0 saturated heterocycles. The van der Waals surface area contributed by atoms with Crippen LogP contribution in [0.4, 0.5) is 5.82 Å². The number of nitrogens with zero attached hydrogens (tertiary/aromatic N) is 6. The minimum absolute atomic E-state index is 0.0939. The Morgan fingerprint density at radius 1 is 1.00 bits per heavy atom. The van der Waals surface area contributed by atoms with E-state index in [9.17, 15) is 4.79 Å². The maximum Gasteiger partial charge on any atom is 0.226 e. The second-order valence-electron chi connectivity index (χ2n) is 8.96. The topological polar surface area (TPSA) is 108 Å². The van der Waals surface area contributed by atoms with E-state index in [2.05, 4.69) is 20.6 Å². The van der Waals surface area contributed by atoms with E-state index in [0.29, 0.717) is 47.6 Å². The molecule has 0 fully saturated rings. The first-order valence-corrected chi connectivity index (χ1v) is 12.0. The summed E-state index contributed by atoms with van der Waals surface area (Å²) in [4.78, 5) is 12.9. The number of aromatic nitrogens is 6. The van der Waals surface area contributed by atoms with Crippen LogP contribution in [0.2, 0.25) is 0 Å². The van der Waals surface area contributed by atoms with Crippen molar-refractivity contribution in [3.8, 4) is 17.3 Å². The lowest BCUT2D eigenvalue weighted by Gasteiger charge is -2.25. The molecule has 1 N–H and O–H groups in total. The summed E-state index contributed by atoms with van der Waals surface area (Å²) in [5.41, 5.74) is 4.41. The molecule has 3 aromatic heterocycles. The largest absolute Gasteiger partial charge is 0.493 e. The first kappa shape index (κ1) is 22.7. The molecule has 4 heterocycles. The van der Waals surface area contributed by atoms with Gasteiger partial charge in [-0.2, -0.15) is 14.3 Å². The smallest absolute Gasteiger partial charge is 0.226 e. The Labute approximate surface area is 212 Å². The number of ether oxygens (including phenoxy) is 2. The van der Waals surface area contributed by atoms with Gasteiger partial charge in [-0.3, -0.25) is 4.79 Å². The first-order chi connectivity index (χ1) is 18.0. The average molecular weight is 496 g/mol. The molecule has 186 valence electrons. The maximum atomic E-state index is 12.9. The van der Waals surface area contributed by atoms with Gasteiger partial charge in [0.15, 0.2) is 28.8 Å². The van der Waals surface area contributed by atoms with E-state index >= 15 is 0 Å². The molecule has 6 rings (SSSR count). The number of carbonyl (C=O) groups is 1. The number of rotatable bonds is 6. The Morgan fingerprint density at radius 2 is 1.84 bits per heavy atom. The lowest BCUT2D eigenvalue weighted by molar-refractivity contribution is -0.116. The zero-order valence-electron chi connectivity index (χ0n) is 20.7. The van der Waals surface area contributed by atoms with Gasteiger partial charge in [0, 0.05) is 17.9 Å². The fraction of sp³-hybridized carbons (Fsp3) is 0.222. The molecular formula is C27H25N7O3. The number of aryl methyl sites for hydroxylation is 2. The Morgan fingerprint density at radius 3 is 2.65 bits per heavy atom. The van der Waals surface area contributed by atoms with Crippen molar-refractivity contribution in [3.63, 3.8) is 0 Å². The number of fused-ring (bicyclic) bond motifs is 2. The van der Waals surface area contributed by atoms with Gasteiger partial charge in [-0.1, -0.05) is 36.4 Å². The Kier molecular flexibility index (Phi) is 5.56. The van der Waals surface area contributed by atoms with E-state index in [4.69, 9.17) is 14.6 Å². The minimum atomic E-state index is -0.199. The summed E-state index contributed by atoms with van der Waals surface area (Å²) in [6.07, 6.45) is 0.296. The van der Waals surface area contributed by atoms with Gasteiger partial charge in [-0.15, -0.1) is 15.3 Å². The summed E-state index contributed by atoms with van der Waals surface area (Å²) in [5.74, 6) is 2.80. The van der Waals surface area contributed by atoms with Gasteiger partial charge in [0.1, 0.15) is 12.4 Å². The van der Waals surface area contributed by atoms with Crippen LogP contribution in [0.15, 0.2) is 60.7 Å². The first-order valence-electron chi connectivity index (χ1n) is 12.0. The third kappa shape index (κ3) is 4.06. The molecule has 0 unspecified atom stereocenters. The Hall–Kier alpha value is -4.73. The van der Waals surface area contributed by atoms with E-state index in [1.807, 2.05) is 74.5 Å². The molecule has 10 nitrogen and oxygen atoms in total. The molecule has 37 heavy (non-hydrogen) atoms. The molecule has 0 aliphatic carbocycles. The van der Waals surface area contributed by atoms with Crippen LogP contribution < -0.4 is 14.8 Å². The van der Waals surface area contributed by atoms with Crippen molar-refractivity contribution in [3.05, 3.63) is 88.9 Å². The minimum Gasteiger partial charge on any atom is -0.493 e. The fourth-order valence-corrected chi connectivity index (χ4v) is 4.75. The highest BCUT2D eigenvalue weighted by atomic mass is 16.5. The van der Waals surface area contributed by atoms with Crippen LogP contribution in [-0.2, 0) is 11.4 Å². The fourth-order valence-electron chi connectivity index (χ4n) is 4.75. The van der Waals surface area contributed by atoms with E-state index in [1.165, 1.54) is 0 Å². The van der Waals surface area contributed by atoms with Gasteiger partial charge in [0.05, 0.1) is 12.8 Å². The molecular weight excluding hydrogens is 470 g/mol. The summed E-state index contributed by atoms with van der Waals surface area (Å²) in [5, 5.41) is 20.6. The molecule has 0 spiro atoms. The van der Waals surface area contributed by atoms with Gasteiger partial charge in [-0.25, -0.2) is 0 Å². The number of benzene rings is 2.